The first-order valence-electron chi connectivity index (χ1n) is 6.06. The van der Waals surface area contributed by atoms with Crippen LogP contribution in [0.25, 0.3) is 10.6 Å². The monoisotopic (exact) mass is 292 g/mol. The molecule has 0 bridgehead atoms. The van der Waals surface area contributed by atoms with Crippen LogP contribution in [-0.2, 0) is 11.2 Å². The first kappa shape index (κ1) is 14.3. The van der Waals surface area contributed by atoms with Gasteiger partial charge in [-0.05, 0) is 12.1 Å². The summed E-state index contributed by atoms with van der Waals surface area (Å²) in [5.74, 6) is 1.25. The van der Waals surface area contributed by atoms with Crippen LogP contribution < -0.4 is 14.8 Å². The van der Waals surface area contributed by atoms with Crippen molar-refractivity contribution in [1.29, 1.82) is 0 Å². The van der Waals surface area contributed by atoms with Gasteiger partial charge in [0.2, 0.25) is 5.91 Å². The summed E-state index contributed by atoms with van der Waals surface area (Å²) in [6.45, 7) is 0. The number of para-hydroxylation sites is 1. The molecule has 0 saturated heterocycles. The molecular weight excluding hydrogens is 276 g/mol. The molecule has 1 heterocycles. The first-order valence-corrected chi connectivity index (χ1v) is 6.94. The number of aromatic nitrogens is 1. The number of likely N-dealkylation sites (N-methyl/N-ethyl adjacent to an activating group) is 1. The third-order valence-electron chi connectivity index (χ3n) is 2.81. The summed E-state index contributed by atoms with van der Waals surface area (Å²) in [5.41, 5.74) is 1.61. The summed E-state index contributed by atoms with van der Waals surface area (Å²) in [6.07, 6.45) is 0.277. The van der Waals surface area contributed by atoms with Gasteiger partial charge in [0.25, 0.3) is 0 Å². The third-order valence-corrected chi connectivity index (χ3v) is 3.73. The topological polar surface area (TPSA) is 60.5 Å². The van der Waals surface area contributed by atoms with Gasteiger partial charge in [0.05, 0.1) is 31.9 Å². The number of rotatable bonds is 5. The van der Waals surface area contributed by atoms with Gasteiger partial charge >= 0.3 is 0 Å². The highest BCUT2D eigenvalue weighted by Crippen LogP contribution is 2.38. The molecule has 1 aromatic carbocycles. The molecule has 6 heteroatoms. The van der Waals surface area contributed by atoms with Crippen molar-refractivity contribution in [3.63, 3.8) is 0 Å². The zero-order valence-electron chi connectivity index (χ0n) is 11.6. The largest absolute Gasteiger partial charge is 0.493 e. The third kappa shape index (κ3) is 2.91. The molecule has 2 rings (SSSR count). The Hall–Kier alpha value is -2.08. The molecule has 0 unspecified atom stereocenters. The number of thiazole rings is 1. The Morgan fingerprint density at radius 2 is 2.15 bits per heavy atom. The van der Waals surface area contributed by atoms with E-state index in [2.05, 4.69) is 10.3 Å². The molecule has 1 amide bonds. The van der Waals surface area contributed by atoms with Crippen LogP contribution in [0, 0.1) is 0 Å². The lowest BCUT2D eigenvalue weighted by Gasteiger charge is -2.10. The number of hydrogen-bond donors (Lipinski definition) is 1. The van der Waals surface area contributed by atoms with Crippen LogP contribution in [0.3, 0.4) is 0 Å². The number of ether oxygens (including phenoxy) is 2. The molecule has 0 radical (unpaired) electrons. The van der Waals surface area contributed by atoms with Gasteiger partial charge in [-0.2, -0.15) is 0 Å². The van der Waals surface area contributed by atoms with Gasteiger partial charge in [0.1, 0.15) is 5.01 Å². The molecule has 1 N–H and O–H groups in total. The fourth-order valence-corrected chi connectivity index (χ4v) is 2.66. The minimum Gasteiger partial charge on any atom is -0.493 e. The smallest absolute Gasteiger partial charge is 0.225 e. The Balaban J connectivity index is 2.35. The van der Waals surface area contributed by atoms with E-state index in [1.165, 1.54) is 11.3 Å². The van der Waals surface area contributed by atoms with E-state index in [-0.39, 0.29) is 12.3 Å². The predicted octanol–water partition coefficient (Wildman–Crippen LogP) is 2.12. The lowest BCUT2D eigenvalue weighted by Crippen LogP contribution is -2.20. The summed E-state index contributed by atoms with van der Waals surface area (Å²) < 4.78 is 10.7. The van der Waals surface area contributed by atoms with Crippen molar-refractivity contribution in [1.82, 2.24) is 10.3 Å². The Bertz CT molecular complexity index is 610. The van der Waals surface area contributed by atoms with Crippen molar-refractivity contribution in [2.24, 2.45) is 0 Å². The van der Waals surface area contributed by atoms with Crippen molar-refractivity contribution in [2.45, 2.75) is 6.42 Å². The van der Waals surface area contributed by atoms with E-state index in [4.69, 9.17) is 9.47 Å². The number of methoxy groups -OCH3 is 2. The number of carbonyl (C=O) groups is 1. The maximum Gasteiger partial charge on any atom is 0.225 e. The van der Waals surface area contributed by atoms with Gasteiger partial charge in [-0.3, -0.25) is 4.79 Å². The van der Waals surface area contributed by atoms with Crippen molar-refractivity contribution in [3.8, 4) is 22.1 Å². The molecule has 0 aliphatic heterocycles. The summed E-state index contributed by atoms with van der Waals surface area (Å²) in [6, 6.07) is 5.64. The minimum absolute atomic E-state index is 0.0561. The quantitative estimate of drug-likeness (QED) is 0.917. The summed E-state index contributed by atoms with van der Waals surface area (Å²) in [5, 5.41) is 5.27. The van der Waals surface area contributed by atoms with E-state index in [1.807, 2.05) is 23.6 Å². The molecule has 1 aromatic heterocycles. The van der Waals surface area contributed by atoms with Crippen LogP contribution in [0.1, 0.15) is 5.69 Å². The summed E-state index contributed by atoms with van der Waals surface area (Å²) >= 11 is 1.48. The fourth-order valence-electron chi connectivity index (χ4n) is 1.82. The zero-order valence-corrected chi connectivity index (χ0v) is 12.4. The summed E-state index contributed by atoms with van der Waals surface area (Å²) in [4.78, 5) is 15.8. The van der Waals surface area contributed by atoms with Crippen LogP contribution in [-0.4, -0.2) is 32.2 Å². The molecule has 0 aliphatic carbocycles. The maximum atomic E-state index is 11.4. The van der Waals surface area contributed by atoms with E-state index >= 15 is 0 Å². The highest BCUT2D eigenvalue weighted by Gasteiger charge is 2.15. The minimum atomic E-state index is -0.0561. The van der Waals surface area contributed by atoms with Crippen molar-refractivity contribution in [3.05, 3.63) is 29.3 Å². The standard InChI is InChI=1S/C14H16N2O3S/c1-15-12(17)7-9-8-20-14(16-9)10-5-4-6-11(18-2)13(10)19-3/h4-6,8H,7H2,1-3H3,(H,15,17). The van der Waals surface area contributed by atoms with Crippen LogP contribution in [0.15, 0.2) is 23.6 Å². The van der Waals surface area contributed by atoms with Gasteiger partial charge in [-0.15, -0.1) is 11.3 Å². The highest BCUT2D eigenvalue weighted by molar-refractivity contribution is 7.13. The zero-order chi connectivity index (χ0) is 14.5. The van der Waals surface area contributed by atoms with Gasteiger partial charge in [-0.25, -0.2) is 4.98 Å². The fraction of sp³-hybridized carbons (Fsp3) is 0.286. The lowest BCUT2D eigenvalue weighted by atomic mass is 10.2. The first-order chi connectivity index (χ1) is 9.69. The summed E-state index contributed by atoms with van der Waals surface area (Å²) in [7, 11) is 4.81. The Morgan fingerprint density at radius 1 is 1.35 bits per heavy atom. The number of benzene rings is 1. The van der Waals surface area contributed by atoms with Crippen molar-refractivity contribution in [2.75, 3.05) is 21.3 Å². The van der Waals surface area contributed by atoms with Gasteiger partial charge < -0.3 is 14.8 Å². The van der Waals surface area contributed by atoms with Gasteiger partial charge in [-0.1, -0.05) is 6.07 Å². The van der Waals surface area contributed by atoms with Gasteiger partial charge in [0, 0.05) is 12.4 Å². The molecule has 0 fully saturated rings. The van der Waals surface area contributed by atoms with Crippen molar-refractivity contribution >= 4 is 17.2 Å². The second-order valence-corrected chi connectivity index (χ2v) is 4.89. The SMILES string of the molecule is CNC(=O)Cc1csc(-c2cccc(OC)c2OC)n1. The highest BCUT2D eigenvalue weighted by atomic mass is 32.1. The molecule has 2 aromatic rings. The van der Waals surface area contributed by atoms with Crippen LogP contribution in [0.4, 0.5) is 0 Å². The second-order valence-electron chi connectivity index (χ2n) is 4.04. The Kier molecular flexibility index (Phi) is 4.57. The van der Waals surface area contributed by atoms with Crippen LogP contribution >= 0.6 is 11.3 Å². The Morgan fingerprint density at radius 3 is 2.80 bits per heavy atom. The number of amides is 1. The Labute approximate surface area is 121 Å². The average Bonchev–Trinajstić information content (AvgIpc) is 2.94. The van der Waals surface area contributed by atoms with Crippen LogP contribution in [0.5, 0.6) is 11.5 Å². The number of nitrogens with zero attached hydrogens (tertiary/aromatic N) is 1. The molecule has 0 atom stereocenters. The average molecular weight is 292 g/mol. The van der Waals surface area contributed by atoms with Crippen molar-refractivity contribution < 1.29 is 14.3 Å². The van der Waals surface area contributed by atoms with E-state index in [0.29, 0.717) is 11.5 Å². The molecule has 0 spiro atoms. The van der Waals surface area contributed by atoms with Gasteiger partial charge in [0.15, 0.2) is 11.5 Å². The number of nitrogens with one attached hydrogen (secondary N) is 1. The molecule has 0 saturated carbocycles. The molecule has 106 valence electrons. The van der Waals surface area contributed by atoms with E-state index in [0.717, 1.165) is 16.3 Å². The molecule has 0 aliphatic rings. The number of hydrogen-bond acceptors (Lipinski definition) is 5. The van der Waals surface area contributed by atoms with Crippen LogP contribution in [0.2, 0.25) is 0 Å². The molecular formula is C14H16N2O3S. The second kappa shape index (κ2) is 6.38. The normalized spacial score (nSPS) is 10.2. The van der Waals surface area contributed by atoms with E-state index in [1.54, 1.807) is 21.3 Å². The molecule has 20 heavy (non-hydrogen) atoms. The number of carbonyl (C=O) groups excluding carboxylic acids is 1. The van der Waals surface area contributed by atoms with E-state index in [9.17, 15) is 4.79 Å². The predicted molar refractivity (Wildman–Crippen MR) is 78.4 cm³/mol. The van der Waals surface area contributed by atoms with E-state index < -0.39 is 0 Å². The lowest BCUT2D eigenvalue weighted by molar-refractivity contribution is -0.120. The molecule has 5 nitrogen and oxygen atoms in total. The maximum absolute atomic E-state index is 11.4.